The van der Waals surface area contributed by atoms with Gasteiger partial charge in [0.2, 0.25) is 0 Å². The summed E-state index contributed by atoms with van der Waals surface area (Å²) in [5.41, 5.74) is 2.05. The second kappa shape index (κ2) is 14.3. The summed E-state index contributed by atoms with van der Waals surface area (Å²) in [5, 5.41) is 6.38. The van der Waals surface area contributed by atoms with Gasteiger partial charge in [-0.1, -0.05) is 24.7 Å². The summed E-state index contributed by atoms with van der Waals surface area (Å²) in [6, 6.07) is 0. The van der Waals surface area contributed by atoms with Gasteiger partial charge < -0.3 is 15.4 Å². The molecule has 0 aromatic rings. The number of carbonyl (C=O) groups excluding carboxylic acids is 1. The molecule has 0 heterocycles. The Hall–Kier alpha value is -2.67. The van der Waals surface area contributed by atoms with Crippen molar-refractivity contribution >= 4 is 6.29 Å². The summed E-state index contributed by atoms with van der Waals surface area (Å²) >= 11 is 0. The molecule has 0 aromatic carbocycles. The Kier molecular flexibility index (Phi) is 12.6. The smallest absolute Gasteiger partial charge is 0.157 e. The lowest BCUT2D eigenvalue weighted by molar-refractivity contribution is -0.110. The predicted octanol–water partition coefficient (Wildman–Crippen LogP) is 2.84. The summed E-state index contributed by atoms with van der Waals surface area (Å²) in [4.78, 5) is 10.3. The fourth-order valence-corrected chi connectivity index (χ4v) is 1.46. The van der Waals surface area contributed by atoms with Crippen molar-refractivity contribution in [3.63, 3.8) is 0 Å². The maximum absolute atomic E-state index is 10.3. The average Bonchev–Trinajstić information content (AvgIpc) is 2.55. The van der Waals surface area contributed by atoms with E-state index < -0.39 is 0 Å². The minimum atomic E-state index is -0.00578. The van der Waals surface area contributed by atoms with Crippen molar-refractivity contribution in [1.82, 2.24) is 10.6 Å². The molecule has 4 nitrogen and oxygen atoms in total. The normalized spacial score (nSPS) is 12.2. The average molecular weight is 314 g/mol. The summed E-state index contributed by atoms with van der Waals surface area (Å²) in [6.45, 7) is 9.70. The zero-order valence-corrected chi connectivity index (χ0v) is 14.0. The zero-order chi connectivity index (χ0) is 17.3. The summed E-state index contributed by atoms with van der Waals surface area (Å²) in [5.74, 6) is 2.87. The molecule has 0 aromatic heterocycles. The molecular weight excluding hydrogens is 288 g/mol. The maximum atomic E-state index is 10.3. The van der Waals surface area contributed by atoms with E-state index in [2.05, 4.69) is 30.1 Å². The van der Waals surface area contributed by atoms with Gasteiger partial charge in [0.1, 0.15) is 12.4 Å². The van der Waals surface area contributed by atoms with Gasteiger partial charge >= 0.3 is 0 Å². The molecule has 0 spiro atoms. The highest BCUT2D eigenvalue weighted by Crippen LogP contribution is 2.01. The van der Waals surface area contributed by atoms with Gasteiger partial charge in [0.25, 0.3) is 0 Å². The van der Waals surface area contributed by atoms with E-state index in [4.69, 9.17) is 11.2 Å². The first-order valence-corrected chi connectivity index (χ1v) is 7.51. The van der Waals surface area contributed by atoms with Gasteiger partial charge in [-0.25, -0.2) is 0 Å². The summed E-state index contributed by atoms with van der Waals surface area (Å²) in [7, 11) is 0. The Morgan fingerprint density at radius 2 is 2.09 bits per heavy atom. The van der Waals surface area contributed by atoms with Gasteiger partial charge in [0.05, 0.1) is 0 Å². The van der Waals surface area contributed by atoms with Crippen LogP contribution < -0.4 is 10.6 Å². The van der Waals surface area contributed by atoms with Crippen LogP contribution in [0.5, 0.6) is 0 Å². The number of ether oxygens (including phenoxy) is 1. The van der Waals surface area contributed by atoms with Crippen LogP contribution in [0.15, 0.2) is 60.2 Å². The molecule has 124 valence electrons. The van der Waals surface area contributed by atoms with Crippen LogP contribution in [0.3, 0.4) is 0 Å². The molecule has 0 saturated carbocycles. The first-order valence-electron chi connectivity index (χ1n) is 7.51. The molecule has 0 aliphatic heterocycles. The molecule has 0 saturated heterocycles. The largest absolute Gasteiger partial charge is 0.485 e. The molecule has 0 fully saturated rings. The van der Waals surface area contributed by atoms with Crippen LogP contribution in [0.2, 0.25) is 0 Å². The van der Waals surface area contributed by atoms with Crippen LogP contribution in [-0.4, -0.2) is 26.0 Å². The third-order valence-electron chi connectivity index (χ3n) is 2.56. The number of aldehydes is 1. The Balaban J connectivity index is 4.15. The van der Waals surface area contributed by atoms with Crippen molar-refractivity contribution in [1.29, 1.82) is 0 Å². The lowest BCUT2D eigenvalue weighted by Gasteiger charge is -2.06. The third-order valence-corrected chi connectivity index (χ3v) is 2.56. The van der Waals surface area contributed by atoms with Crippen molar-refractivity contribution in [2.24, 2.45) is 0 Å². The highest BCUT2D eigenvalue weighted by molar-refractivity contribution is 5.51. The van der Waals surface area contributed by atoms with Crippen molar-refractivity contribution in [2.45, 2.75) is 20.3 Å². The van der Waals surface area contributed by atoms with E-state index >= 15 is 0 Å². The van der Waals surface area contributed by atoms with Gasteiger partial charge in [-0.15, -0.1) is 6.42 Å². The zero-order valence-electron chi connectivity index (χ0n) is 14.0. The van der Waals surface area contributed by atoms with Crippen molar-refractivity contribution in [3.8, 4) is 12.3 Å². The van der Waals surface area contributed by atoms with Gasteiger partial charge in [-0.3, -0.25) is 4.79 Å². The number of terminal acetylenes is 1. The second-order valence-electron chi connectivity index (χ2n) is 4.66. The Morgan fingerprint density at radius 1 is 1.35 bits per heavy atom. The quantitative estimate of drug-likeness (QED) is 0.252. The first kappa shape index (κ1) is 20.3. The van der Waals surface area contributed by atoms with Crippen molar-refractivity contribution < 1.29 is 9.53 Å². The number of rotatable bonds is 12. The number of nitrogens with one attached hydrogen (secondary N) is 2. The van der Waals surface area contributed by atoms with E-state index in [1.807, 2.05) is 31.4 Å². The fourth-order valence-electron chi connectivity index (χ4n) is 1.46. The van der Waals surface area contributed by atoms with Crippen LogP contribution in [0.4, 0.5) is 0 Å². The van der Waals surface area contributed by atoms with Crippen molar-refractivity contribution in [2.75, 3.05) is 19.7 Å². The maximum Gasteiger partial charge on any atom is 0.157 e. The molecule has 0 atom stereocenters. The SMILES string of the molecule is C#C/C=C(\C=C/C/C=C/C(=C)NC/C(C)=C/NCC)OCC=O. The Bertz CT molecular complexity index is 520. The molecule has 4 heteroatoms. The highest BCUT2D eigenvalue weighted by atomic mass is 16.5. The summed E-state index contributed by atoms with van der Waals surface area (Å²) < 4.78 is 5.15. The van der Waals surface area contributed by atoms with E-state index in [1.54, 1.807) is 6.08 Å². The number of carbonyl (C=O) groups is 1. The Labute approximate surface area is 139 Å². The van der Waals surface area contributed by atoms with Crippen LogP contribution in [0.25, 0.3) is 0 Å². The topological polar surface area (TPSA) is 50.4 Å². The predicted molar refractivity (Wildman–Crippen MR) is 96.4 cm³/mol. The van der Waals surface area contributed by atoms with E-state index in [9.17, 15) is 4.79 Å². The monoisotopic (exact) mass is 314 g/mol. The second-order valence-corrected chi connectivity index (χ2v) is 4.66. The molecule has 2 N–H and O–H groups in total. The number of hydrogen-bond donors (Lipinski definition) is 2. The molecule has 0 unspecified atom stereocenters. The van der Waals surface area contributed by atoms with Crippen molar-refractivity contribution in [3.05, 3.63) is 60.2 Å². The molecule has 0 aliphatic rings. The Morgan fingerprint density at radius 3 is 2.74 bits per heavy atom. The molecule has 0 aliphatic carbocycles. The molecule has 0 bridgehead atoms. The molecule has 23 heavy (non-hydrogen) atoms. The van der Waals surface area contributed by atoms with Gasteiger partial charge in [0, 0.05) is 24.9 Å². The first-order chi connectivity index (χ1) is 11.1. The minimum absolute atomic E-state index is 0.00578. The highest BCUT2D eigenvalue weighted by Gasteiger charge is 1.91. The molecule has 0 radical (unpaired) electrons. The molecular formula is C19H26N2O2. The van der Waals surface area contributed by atoms with E-state index in [-0.39, 0.29) is 6.61 Å². The van der Waals surface area contributed by atoms with Gasteiger partial charge in [-0.05, 0) is 44.2 Å². The number of allylic oxidation sites excluding steroid dienone is 5. The molecule has 0 amide bonds. The van der Waals surface area contributed by atoms with E-state index in [1.165, 1.54) is 11.6 Å². The van der Waals surface area contributed by atoms with E-state index in [0.29, 0.717) is 18.5 Å². The van der Waals surface area contributed by atoms with Crippen LogP contribution >= 0.6 is 0 Å². The third kappa shape index (κ3) is 12.8. The lowest BCUT2D eigenvalue weighted by atomic mass is 10.2. The van der Waals surface area contributed by atoms with Crippen LogP contribution in [0.1, 0.15) is 20.3 Å². The summed E-state index contributed by atoms with van der Waals surface area (Å²) in [6.07, 6.45) is 17.6. The van der Waals surface area contributed by atoms with E-state index in [0.717, 1.165) is 18.8 Å². The standard InChI is InChI=1S/C19H26N2O2/c1-5-10-19(23-14-13-22)12-9-7-8-11-18(4)21-16-17(3)15-20-6-2/h1,8-13,15,20-21H,4,6-7,14,16H2,2-3H3/b11-8+,12-9-,17-15+,19-10+. The van der Waals surface area contributed by atoms with Gasteiger partial charge in [-0.2, -0.15) is 0 Å². The molecule has 0 rings (SSSR count). The van der Waals surface area contributed by atoms with Gasteiger partial charge in [0.15, 0.2) is 6.29 Å². The fraction of sp³-hybridized carbons (Fsp3) is 0.316. The lowest BCUT2D eigenvalue weighted by Crippen LogP contribution is -2.15. The number of hydrogen-bond acceptors (Lipinski definition) is 4. The minimum Gasteiger partial charge on any atom is -0.485 e. The van der Waals surface area contributed by atoms with Crippen LogP contribution in [0, 0.1) is 12.3 Å². The van der Waals surface area contributed by atoms with Crippen LogP contribution in [-0.2, 0) is 9.53 Å².